The van der Waals surface area contributed by atoms with Gasteiger partial charge in [0.15, 0.2) is 0 Å². The van der Waals surface area contributed by atoms with E-state index in [1.807, 2.05) is 27.7 Å². The predicted octanol–water partition coefficient (Wildman–Crippen LogP) is 2.14. The van der Waals surface area contributed by atoms with Crippen LogP contribution in [0.5, 0.6) is 0 Å². The Morgan fingerprint density at radius 2 is 1.89 bits per heavy atom. The lowest BCUT2D eigenvalue weighted by atomic mass is 10.1. The van der Waals surface area contributed by atoms with Crippen molar-refractivity contribution in [2.24, 2.45) is 0 Å². The zero-order chi connectivity index (χ0) is 13.7. The zero-order valence-corrected chi connectivity index (χ0v) is 13.7. The van der Waals surface area contributed by atoms with Crippen LogP contribution in [0.15, 0.2) is 15.0 Å². The molecular formula is C11H13Br2N4O+. The Labute approximate surface area is 122 Å². The number of halogens is 2. The lowest BCUT2D eigenvalue weighted by Crippen LogP contribution is -2.62. The Hall–Kier alpha value is -0.820. The van der Waals surface area contributed by atoms with Gasteiger partial charge in [-0.2, -0.15) is 0 Å². The topological polar surface area (TPSA) is 56.6 Å². The third kappa shape index (κ3) is 2.21. The fraction of sp³-hybridized carbons (Fsp3) is 0.455. The molecule has 0 saturated heterocycles. The summed E-state index contributed by atoms with van der Waals surface area (Å²) in [5.41, 5.74) is 1.69. The van der Waals surface area contributed by atoms with Gasteiger partial charge < -0.3 is 5.21 Å². The van der Waals surface area contributed by atoms with Crippen LogP contribution in [0.2, 0.25) is 0 Å². The van der Waals surface area contributed by atoms with Crippen LogP contribution in [0.1, 0.15) is 26.3 Å². The van der Waals surface area contributed by atoms with E-state index in [1.54, 1.807) is 6.07 Å². The molecule has 0 aliphatic rings. The Kier molecular flexibility index (Phi) is 3.31. The fourth-order valence-electron chi connectivity index (χ4n) is 1.46. The second-order valence-corrected chi connectivity index (χ2v) is 6.74. The zero-order valence-electron chi connectivity index (χ0n) is 10.5. The van der Waals surface area contributed by atoms with Gasteiger partial charge in [-0.3, -0.25) is 0 Å². The lowest BCUT2D eigenvalue weighted by molar-refractivity contribution is -0.941. The van der Waals surface area contributed by atoms with Gasteiger partial charge in [0, 0.05) is 41.3 Å². The highest BCUT2D eigenvalue weighted by Crippen LogP contribution is 2.29. The Morgan fingerprint density at radius 3 is 2.44 bits per heavy atom. The fourth-order valence-corrected chi connectivity index (χ4v) is 2.63. The summed E-state index contributed by atoms with van der Waals surface area (Å²) >= 11 is 6.90. The van der Waals surface area contributed by atoms with Crippen LogP contribution in [0.3, 0.4) is 0 Å². The number of hydrogen-bond donors (Lipinski definition) is 0. The third-order valence-electron chi connectivity index (χ3n) is 2.57. The van der Waals surface area contributed by atoms with Gasteiger partial charge in [-0.25, -0.2) is 0 Å². The molecule has 18 heavy (non-hydrogen) atoms. The maximum atomic E-state index is 12.0. The van der Waals surface area contributed by atoms with Crippen molar-refractivity contribution in [1.29, 1.82) is 0 Å². The van der Waals surface area contributed by atoms with Crippen molar-refractivity contribution in [3.8, 4) is 0 Å². The molecule has 1 heterocycles. The van der Waals surface area contributed by atoms with Gasteiger partial charge in [-0.15, -0.1) is 0 Å². The Bertz CT molecular complexity index is 637. The summed E-state index contributed by atoms with van der Waals surface area (Å²) in [4.78, 5) is 2.03. The molecule has 2 rings (SSSR count). The van der Waals surface area contributed by atoms with Crippen LogP contribution in [-0.2, 0) is 5.54 Å². The summed E-state index contributed by atoms with van der Waals surface area (Å²) in [6, 6.07) is 1.73. The molecule has 0 amide bonds. The summed E-state index contributed by atoms with van der Waals surface area (Å²) in [6.45, 7) is 7.78. The summed E-state index contributed by atoms with van der Waals surface area (Å²) in [5.74, 6) is 0. The van der Waals surface area contributed by atoms with Crippen molar-refractivity contribution in [3.63, 3.8) is 0 Å². The number of aromatic nitrogens is 4. The van der Waals surface area contributed by atoms with E-state index in [0.29, 0.717) is 15.9 Å². The molecule has 0 N–H and O–H groups in total. The monoisotopic (exact) mass is 375 g/mol. The molecule has 0 fully saturated rings. The molecule has 0 bridgehead atoms. The number of nitrogens with zero attached hydrogens (tertiary/aromatic N) is 4. The number of benzene rings is 1. The van der Waals surface area contributed by atoms with Crippen molar-refractivity contribution >= 4 is 42.9 Å². The number of fused-ring (bicyclic) bond motifs is 1. The lowest BCUT2D eigenvalue weighted by Gasteiger charge is -2.08. The molecule has 0 aliphatic heterocycles. The van der Waals surface area contributed by atoms with E-state index in [-0.39, 0.29) is 5.54 Å². The smallest absolute Gasteiger partial charge is 0.312 e. The minimum Gasteiger partial charge on any atom is -0.590 e. The van der Waals surface area contributed by atoms with E-state index >= 15 is 0 Å². The molecular weight excluding hydrogens is 364 g/mol. The summed E-state index contributed by atoms with van der Waals surface area (Å²) in [6.07, 6.45) is 0. The molecule has 7 heteroatoms. The second kappa shape index (κ2) is 4.38. The van der Waals surface area contributed by atoms with E-state index in [2.05, 4.69) is 42.2 Å². The number of hydrogen-bond acceptors (Lipinski definition) is 3. The SMILES string of the molecule is Cc1c(Br)cc2c(n[n+](C(C)(C)C)n[n+]2[O-])c1Br. The predicted molar refractivity (Wildman–Crippen MR) is 73.8 cm³/mol. The Morgan fingerprint density at radius 1 is 1.28 bits per heavy atom. The highest BCUT2D eigenvalue weighted by atomic mass is 79.9. The molecule has 0 saturated carbocycles. The average Bonchev–Trinajstić information content (AvgIpc) is 2.26. The van der Waals surface area contributed by atoms with Crippen molar-refractivity contribution in [2.75, 3.05) is 0 Å². The maximum absolute atomic E-state index is 12.0. The largest absolute Gasteiger partial charge is 0.590 e. The standard InChI is InChI=1S/C11H13Br2N4O/c1-6-7(12)5-8-10(9(6)13)14-17(11(2,3)4)15-16(8)18/h5H,1-4H3/q+1. The highest BCUT2D eigenvalue weighted by molar-refractivity contribution is 9.11. The average molecular weight is 377 g/mol. The minimum absolute atomic E-state index is 0.346. The highest BCUT2D eigenvalue weighted by Gasteiger charge is 2.32. The van der Waals surface area contributed by atoms with E-state index in [1.165, 1.54) is 4.80 Å². The molecule has 96 valence electrons. The molecule has 0 radical (unpaired) electrons. The van der Waals surface area contributed by atoms with Gasteiger partial charge in [0.05, 0.1) is 9.27 Å². The van der Waals surface area contributed by atoms with Crippen molar-refractivity contribution in [3.05, 3.63) is 25.8 Å². The minimum atomic E-state index is -0.346. The summed E-state index contributed by atoms with van der Waals surface area (Å²) in [7, 11) is 0. The van der Waals surface area contributed by atoms with Crippen LogP contribution in [0.25, 0.3) is 11.0 Å². The van der Waals surface area contributed by atoms with Gasteiger partial charge in [0.25, 0.3) is 5.52 Å². The molecule has 0 atom stereocenters. The first kappa shape index (κ1) is 13.6. The van der Waals surface area contributed by atoms with Crippen molar-refractivity contribution in [2.45, 2.75) is 33.2 Å². The first-order valence-electron chi connectivity index (χ1n) is 5.41. The van der Waals surface area contributed by atoms with Crippen LogP contribution in [0.4, 0.5) is 0 Å². The van der Waals surface area contributed by atoms with E-state index in [0.717, 1.165) is 14.5 Å². The van der Waals surface area contributed by atoms with Gasteiger partial charge in [-0.05, 0) is 28.4 Å². The molecule has 0 unspecified atom stereocenters. The second-order valence-electron chi connectivity index (χ2n) is 5.09. The molecule has 0 aliphatic carbocycles. The Balaban J connectivity index is 2.88. The van der Waals surface area contributed by atoms with Gasteiger partial charge >= 0.3 is 5.21 Å². The van der Waals surface area contributed by atoms with Crippen molar-refractivity contribution < 1.29 is 9.64 Å². The molecule has 0 spiro atoms. The first-order valence-corrected chi connectivity index (χ1v) is 6.99. The van der Waals surface area contributed by atoms with Gasteiger partial charge in [0.2, 0.25) is 11.1 Å². The summed E-state index contributed by atoms with van der Waals surface area (Å²) in [5, 5.41) is 20.3. The first-order chi connectivity index (χ1) is 8.21. The van der Waals surface area contributed by atoms with Crippen molar-refractivity contribution in [1.82, 2.24) is 10.3 Å². The van der Waals surface area contributed by atoms with Crippen LogP contribution in [-0.4, -0.2) is 10.3 Å². The molecule has 1 aromatic heterocycles. The van der Waals surface area contributed by atoms with Crippen LogP contribution >= 0.6 is 31.9 Å². The molecule has 5 nitrogen and oxygen atoms in total. The molecule has 1 aromatic carbocycles. The quantitative estimate of drug-likeness (QED) is 0.522. The normalized spacial score (nSPS) is 12.1. The van der Waals surface area contributed by atoms with E-state index in [4.69, 9.17) is 0 Å². The maximum Gasteiger partial charge on any atom is 0.312 e. The molecule has 2 aromatic rings. The van der Waals surface area contributed by atoms with Crippen LogP contribution < -0.4 is 9.64 Å². The van der Waals surface area contributed by atoms with Crippen LogP contribution in [0, 0.1) is 12.1 Å². The van der Waals surface area contributed by atoms with Gasteiger partial charge in [0.1, 0.15) is 0 Å². The number of rotatable bonds is 0. The van der Waals surface area contributed by atoms with E-state index < -0.39 is 0 Å². The summed E-state index contributed by atoms with van der Waals surface area (Å²) < 4.78 is 1.65. The van der Waals surface area contributed by atoms with E-state index in [9.17, 15) is 5.21 Å². The van der Waals surface area contributed by atoms with Gasteiger partial charge in [-0.1, -0.05) is 15.9 Å². The third-order valence-corrected chi connectivity index (χ3v) is 4.36.